The number of carbonyl (C=O) groups excluding carboxylic acids is 1. The number of benzene rings is 2. The number of likely N-dealkylation sites (tertiary alicyclic amines) is 1. The minimum absolute atomic E-state index is 0.0451. The van der Waals surface area contributed by atoms with E-state index >= 15 is 0 Å². The Kier molecular flexibility index (Phi) is 6.98. The lowest BCUT2D eigenvalue weighted by molar-refractivity contribution is -0.123. The molecule has 1 saturated heterocycles. The van der Waals surface area contributed by atoms with Gasteiger partial charge in [-0.05, 0) is 55.1 Å². The molecule has 0 spiro atoms. The van der Waals surface area contributed by atoms with Gasteiger partial charge in [-0.3, -0.25) is 9.69 Å². The number of hydrogen-bond acceptors (Lipinski definition) is 3. The van der Waals surface area contributed by atoms with Gasteiger partial charge in [0.2, 0.25) is 5.91 Å². The second kappa shape index (κ2) is 9.64. The minimum atomic E-state index is -2.86. The number of nitrogens with one attached hydrogen (secondary N) is 1. The van der Waals surface area contributed by atoms with E-state index in [1.165, 1.54) is 12.1 Å². The molecular weight excluding hydrogens is 362 g/mol. The molecule has 6 heteroatoms. The van der Waals surface area contributed by atoms with Gasteiger partial charge in [0.25, 0.3) is 0 Å². The van der Waals surface area contributed by atoms with Crippen LogP contribution in [0.15, 0.2) is 54.6 Å². The maximum absolute atomic E-state index is 12.7. The van der Waals surface area contributed by atoms with Crippen molar-refractivity contribution in [3.8, 4) is 5.75 Å². The molecule has 0 aliphatic carbocycles. The van der Waals surface area contributed by atoms with Crippen LogP contribution < -0.4 is 10.1 Å². The molecule has 1 aliphatic rings. The van der Waals surface area contributed by atoms with Crippen LogP contribution >= 0.6 is 0 Å². The van der Waals surface area contributed by atoms with E-state index in [-0.39, 0.29) is 17.7 Å². The summed E-state index contributed by atoms with van der Waals surface area (Å²) in [6, 6.07) is 15.7. The predicted octanol–water partition coefficient (Wildman–Crippen LogP) is 4.23. The van der Waals surface area contributed by atoms with Gasteiger partial charge in [0.05, 0.1) is 12.6 Å². The number of hydrogen-bond donors (Lipinski definition) is 1. The first-order valence-electron chi connectivity index (χ1n) is 9.62. The van der Waals surface area contributed by atoms with Gasteiger partial charge in [0.1, 0.15) is 5.75 Å². The summed E-state index contributed by atoms with van der Waals surface area (Å²) in [5, 5.41) is 3.10. The molecule has 4 nitrogen and oxygen atoms in total. The van der Waals surface area contributed by atoms with Crippen LogP contribution in [0.2, 0.25) is 0 Å². The average molecular weight is 388 g/mol. The summed E-state index contributed by atoms with van der Waals surface area (Å²) < 4.78 is 29.2. The zero-order chi connectivity index (χ0) is 19.9. The zero-order valence-electron chi connectivity index (χ0n) is 16.0. The predicted molar refractivity (Wildman–Crippen MR) is 104 cm³/mol. The van der Waals surface area contributed by atoms with Gasteiger partial charge < -0.3 is 10.1 Å². The fourth-order valence-corrected chi connectivity index (χ4v) is 3.48. The Morgan fingerprint density at radius 1 is 1.07 bits per heavy atom. The number of nitrogens with zero attached hydrogens (tertiary/aromatic N) is 1. The molecule has 2 aromatic rings. The van der Waals surface area contributed by atoms with Gasteiger partial charge in [0.15, 0.2) is 0 Å². The molecule has 150 valence electrons. The Morgan fingerprint density at radius 2 is 1.68 bits per heavy atom. The van der Waals surface area contributed by atoms with Crippen molar-refractivity contribution < 1.29 is 18.3 Å². The number of piperidine rings is 1. The highest BCUT2D eigenvalue weighted by atomic mass is 19.3. The minimum Gasteiger partial charge on any atom is -0.435 e. The smallest absolute Gasteiger partial charge is 0.387 e. The Labute approximate surface area is 164 Å². The van der Waals surface area contributed by atoms with Crippen LogP contribution in [0.3, 0.4) is 0 Å². The van der Waals surface area contributed by atoms with E-state index in [4.69, 9.17) is 0 Å². The quantitative estimate of drug-likeness (QED) is 0.772. The molecular formula is C22H26F2N2O2. The molecule has 1 fully saturated rings. The Balaban J connectivity index is 1.71. The third-order valence-electron chi connectivity index (χ3n) is 5.12. The van der Waals surface area contributed by atoms with Crippen molar-refractivity contribution in [1.29, 1.82) is 0 Å². The summed E-state index contributed by atoms with van der Waals surface area (Å²) in [6.07, 6.45) is 2.22. The normalized spacial score (nSPS) is 16.7. The first-order valence-corrected chi connectivity index (χ1v) is 9.62. The fourth-order valence-electron chi connectivity index (χ4n) is 3.48. The number of alkyl halides is 2. The fraction of sp³-hybridized carbons (Fsp3) is 0.409. The molecule has 28 heavy (non-hydrogen) atoms. The van der Waals surface area contributed by atoms with Crippen LogP contribution in [-0.4, -0.2) is 37.1 Å². The van der Waals surface area contributed by atoms with Crippen LogP contribution in [0.4, 0.5) is 8.78 Å². The van der Waals surface area contributed by atoms with Crippen molar-refractivity contribution in [3.63, 3.8) is 0 Å². The van der Waals surface area contributed by atoms with Crippen LogP contribution in [0.5, 0.6) is 5.75 Å². The van der Waals surface area contributed by atoms with Crippen LogP contribution in [0.25, 0.3) is 0 Å². The van der Waals surface area contributed by atoms with E-state index in [9.17, 15) is 13.6 Å². The highest BCUT2D eigenvalue weighted by Gasteiger charge is 2.21. The lowest BCUT2D eigenvalue weighted by Crippen LogP contribution is -2.42. The molecule has 3 rings (SSSR count). The summed E-state index contributed by atoms with van der Waals surface area (Å²) >= 11 is 0. The van der Waals surface area contributed by atoms with Crippen LogP contribution in [0.1, 0.15) is 36.9 Å². The lowest BCUT2D eigenvalue weighted by Gasteiger charge is -2.30. The largest absolute Gasteiger partial charge is 0.435 e. The van der Waals surface area contributed by atoms with Gasteiger partial charge in [-0.2, -0.15) is 8.78 Å². The Bertz CT molecular complexity index is 745. The topological polar surface area (TPSA) is 41.6 Å². The van der Waals surface area contributed by atoms with Crippen molar-refractivity contribution >= 4 is 5.91 Å². The van der Waals surface area contributed by atoms with E-state index in [1.807, 2.05) is 30.3 Å². The molecule has 0 aromatic heterocycles. The SMILES string of the molecule is CC1CCN(CC(=O)N[C@@H](c2ccccc2)c2ccc(OC(F)F)cc2)CC1. The molecule has 0 saturated carbocycles. The number of halogens is 2. The van der Waals surface area contributed by atoms with E-state index in [0.717, 1.165) is 37.1 Å². The van der Waals surface area contributed by atoms with Crippen molar-refractivity contribution in [3.05, 3.63) is 65.7 Å². The van der Waals surface area contributed by atoms with Crippen LogP contribution in [-0.2, 0) is 4.79 Å². The zero-order valence-corrected chi connectivity index (χ0v) is 16.0. The molecule has 0 unspecified atom stereocenters. The number of amides is 1. The third-order valence-corrected chi connectivity index (χ3v) is 5.12. The number of rotatable bonds is 7. The van der Waals surface area contributed by atoms with Crippen molar-refractivity contribution in [1.82, 2.24) is 10.2 Å². The summed E-state index contributed by atoms with van der Waals surface area (Å²) in [5.74, 6) is 0.765. The second-order valence-corrected chi connectivity index (χ2v) is 7.32. The third kappa shape index (κ3) is 5.76. The van der Waals surface area contributed by atoms with Gasteiger partial charge in [0, 0.05) is 0 Å². The molecule has 1 N–H and O–H groups in total. The van der Waals surface area contributed by atoms with Crippen molar-refractivity contribution in [2.24, 2.45) is 5.92 Å². The molecule has 1 heterocycles. The Morgan fingerprint density at radius 3 is 2.29 bits per heavy atom. The summed E-state index contributed by atoms with van der Waals surface area (Å²) in [7, 11) is 0. The monoisotopic (exact) mass is 388 g/mol. The molecule has 1 aliphatic heterocycles. The van der Waals surface area contributed by atoms with E-state index < -0.39 is 6.61 Å². The van der Waals surface area contributed by atoms with Gasteiger partial charge in [-0.15, -0.1) is 0 Å². The standard InChI is InChI=1S/C22H26F2N2O2/c1-16-11-13-26(14-12-16)15-20(27)25-21(17-5-3-2-4-6-17)18-7-9-19(10-8-18)28-22(23)24/h2-10,16,21-22H,11-15H2,1H3,(H,25,27)/t21-/m0/s1. The Hall–Kier alpha value is -2.47. The highest BCUT2D eigenvalue weighted by molar-refractivity contribution is 5.79. The van der Waals surface area contributed by atoms with Crippen molar-refractivity contribution in [2.75, 3.05) is 19.6 Å². The van der Waals surface area contributed by atoms with Crippen LogP contribution in [0, 0.1) is 5.92 Å². The molecule has 1 amide bonds. The van der Waals surface area contributed by atoms with E-state index in [2.05, 4.69) is 21.9 Å². The lowest BCUT2D eigenvalue weighted by atomic mass is 9.98. The van der Waals surface area contributed by atoms with Gasteiger partial charge in [-0.1, -0.05) is 49.4 Å². The molecule has 0 bridgehead atoms. The maximum Gasteiger partial charge on any atom is 0.387 e. The first-order chi connectivity index (χ1) is 13.5. The summed E-state index contributed by atoms with van der Waals surface area (Å²) in [6.45, 7) is 1.62. The van der Waals surface area contributed by atoms with E-state index in [0.29, 0.717) is 12.5 Å². The second-order valence-electron chi connectivity index (χ2n) is 7.32. The highest BCUT2D eigenvalue weighted by Crippen LogP contribution is 2.25. The molecule has 0 radical (unpaired) electrons. The van der Waals surface area contributed by atoms with E-state index in [1.54, 1.807) is 12.1 Å². The maximum atomic E-state index is 12.7. The number of carbonyl (C=O) groups is 1. The summed E-state index contributed by atoms with van der Waals surface area (Å²) in [5.41, 5.74) is 1.75. The summed E-state index contributed by atoms with van der Waals surface area (Å²) in [4.78, 5) is 14.9. The average Bonchev–Trinajstić information content (AvgIpc) is 2.69. The van der Waals surface area contributed by atoms with Crippen molar-refractivity contribution in [2.45, 2.75) is 32.4 Å². The first kappa shape index (κ1) is 20.3. The molecule has 2 aromatic carbocycles. The van der Waals surface area contributed by atoms with Gasteiger partial charge >= 0.3 is 6.61 Å². The van der Waals surface area contributed by atoms with Gasteiger partial charge in [-0.25, -0.2) is 0 Å². The number of ether oxygens (including phenoxy) is 1. The molecule has 1 atom stereocenters.